The third-order valence-electron chi connectivity index (χ3n) is 3.69. The molecule has 0 fully saturated rings. The molecule has 1 heterocycles. The zero-order valence-corrected chi connectivity index (χ0v) is 14.1. The highest BCUT2D eigenvalue weighted by Crippen LogP contribution is 2.24. The van der Waals surface area contributed by atoms with Gasteiger partial charge in [-0.25, -0.2) is 4.98 Å². The van der Waals surface area contributed by atoms with E-state index >= 15 is 0 Å². The molecule has 4 nitrogen and oxygen atoms in total. The minimum Gasteiger partial charge on any atom is -0.360 e. The molecule has 0 aliphatic rings. The molecule has 2 aromatic rings. The van der Waals surface area contributed by atoms with E-state index in [9.17, 15) is 0 Å². The van der Waals surface area contributed by atoms with Gasteiger partial charge in [0.2, 0.25) is 5.95 Å². The van der Waals surface area contributed by atoms with E-state index in [0.29, 0.717) is 0 Å². The van der Waals surface area contributed by atoms with Gasteiger partial charge in [0, 0.05) is 37.6 Å². The first-order chi connectivity index (χ1) is 10.7. The highest BCUT2D eigenvalue weighted by atomic mass is 15.3. The average Bonchev–Trinajstić information content (AvgIpc) is 2.54. The third-order valence-corrected chi connectivity index (χ3v) is 3.69. The molecule has 22 heavy (non-hydrogen) atoms. The second kappa shape index (κ2) is 7.78. The summed E-state index contributed by atoms with van der Waals surface area (Å²) in [5, 5.41) is 0. The van der Waals surface area contributed by atoms with Crippen molar-refractivity contribution in [3.8, 4) is 0 Å². The van der Waals surface area contributed by atoms with Gasteiger partial charge in [-0.05, 0) is 32.4 Å². The quantitative estimate of drug-likeness (QED) is 0.767. The van der Waals surface area contributed by atoms with Crippen LogP contribution < -0.4 is 9.80 Å². The van der Waals surface area contributed by atoms with Gasteiger partial charge >= 0.3 is 0 Å². The van der Waals surface area contributed by atoms with E-state index in [4.69, 9.17) is 4.98 Å². The van der Waals surface area contributed by atoms with Gasteiger partial charge in [0.05, 0.1) is 0 Å². The van der Waals surface area contributed by atoms with E-state index in [1.165, 1.54) is 12.8 Å². The van der Waals surface area contributed by atoms with Crippen LogP contribution in [0, 0.1) is 6.92 Å². The molecule has 0 spiro atoms. The Morgan fingerprint density at radius 3 is 2.41 bits per heavy atom. The molecule has 0 unspecified atom stereocenters. The van der Waals surface area contributed by atoms with Crippen molar-refractivity contribution in [3.63, 3.8) is 0 Å². The average molecular weight is 298 g/mol. The van der Waals surface area contributed by atoms with E-state index in [0.717, 1.165) is 36.2 Å². The second-order valence-corrected chi connectivity index (χ2v) is 5.52. The van der Waals surface area contributed by atoms with E-state index in [2.05, 4.69) is 53.9 Å². The molecule has 0 saturated carbocycles. The molecular weight excluding hydrogens is 272 g/mol. The Hall–Kier alpha value is -2.10. The smallest absolute Gasteiger partial charge is 0.232 e. The normalized spacial score (nSPS) is 10.5. The monoisotopic (exact) mass is 298 g/mol. The summed E-state index contributed by atoms with van der Waals surface area (Å²) in [6.45, 7) is 8.22. The first-order valence-corrected chi connectivity index (χ1v) is 8.05. The molecule has 2 rings (SSSR count). The Morgan fingerprint density at radius 2 is 1.77 bits per heavy atom. The summed E-state index contributed by atoms with van der Waals surface area (Å²) in [4.78, 5) is 13.8. The van der Waals surface area contributed by atoms with Crippen molar-refractivity contribution in [1.29, 1.82) is 0 Å². The number of unbranched alkanes of at least 4 members (excludes halogenated alkanes) is 1. The number of aromatic nitrogens is 2. The maximum atomic E-state index is 4.77. The molecule has 0 atom stereocenters. The van der Waals surface area contributed by atoms with Crippen LogP contribution in [-0.4, -0.2) is 30.1 Å². The number of para-hydroxylation sites is 1. The number of rotatable bonds is 7. The minimum absolute atomic E-state index is 0.770. The van der Waals surface area contributed by atoms with Crippen LogP contribution >= 0.6 is 0 Å². The summed E-state index contributed by atoms with van der Waals surface area (Å²) in [5.74, 6) is 1.76. The van der Waals surface area contributed by atoms with Crippen molar-refractivity contribution < 1.29 is 0 Å². The first kappa shape index (κ1) is 16.3. The van der Waals surface area contributed by atoms with Crippen LogP contribution in [0.15, 0.2) is 36.4 Å². The van der Waals surface area contributed by atoms with Crippen LogP contribution in [0.3, 0.4) is 0 Å². The van der Waals surface area contributed by atoms with Crippen molar-refractivity contribution in [2.45, 2.75) is 33.6 Å². The van der Waals surface area contributed by atoms with Crippen LogP contribution in [-0.2, 0) is 0 Å². The second-order valence-electron chi connectivity index (χ2n) is 5.52. The Morgan fingerprint density at radius 1 is 1.05 bits per heavy atom. The van der Waals surface area contributed by atoms with Gasteiger partial charge in [0.1, 0.15) is 5.82 Å². The molecule has 0 aliphatic carbocycles. The summed E-state index contributed by atoms with van der Waals surface area (Å²) < 4.78 is 0. The van der Waals surface area contributed by atoms with Crippen LogP contribution in [0.2, 0.25) is 0 Å². The summed E-state index contributed by atoms with van der Waals surface area (Å²) in [7, 11) is 2.10. The summed E-state index contributed by atoms with van der Waals surface area (Å²) in [6, 6.07) is 12.4. The standard InChI is InChI=1S/C18H26N4/c1-5-7-13-21(4)17-14-15(3)19-18(20-17)22(6-2)16-11-9-8-10-12-16/h8-12,14H,5-7,13H2,1-4H3. The predicted octanol–water partition coefficient (Wildman–Crippen LogP) is 4.18. The van der Waals surface area contributed by atoms with E-state index in [1.54, 1.807) is 0 Å². The predicted molar refractivity (Wildman–Crippen MR) is 94.1 cm³/mol. The van der Waals surface area contributed by atoms with Crippen LogP contribution in [0.1, 0.15) is 32.4 Å². The molecule has 1 aromatic heterocycles. The number of nitrogens with zero attached hydrogens (tertiary/aromatic N) is 4. The number of hydrogen-bond acceptors (Lipinski definition) is 4. The lowest BCUT2D eigenvalue weighted by atomic mass is 10.3. The fourth-order valence-electron chi connectivity index (χ4n) is 2.41. The van der Waals surface area contributed by atoms with Crippen molar-refractivity contribution in [1.82, 2.24) is 9.97 Å². The lowest BCUT2D eigenvalue weighted by Gasteiger charge is -2.24. The Bertz CT molecular complexity index is 583. The Labute approximate surface area is 133 Å². The zero-order chi connectivity index (χ0) is 15.9. The van der Waals surface area contributed by atoms with Crippen LogP contribution in [0.4, 0.5) is 17.5 Å². The lowest BCUT2D eigenvalue weighted by molar-refractivity contribution is 0.756. The van der Waals surface area contributed by atoms with E-state index < -0.39 is 0 Å². The number of hydrogen-bond donors (Lipinski definition) is 0. The van der Waals surface area contributed by atoms with Gasteiger partial charge in [-0.3, -0.25) is 0 Å². The summed E-state index contributed by atoms with van der Waals surface area (Å²) >= 11 is 0. The zero-order valence-electron chi connectivity index (χ0n) is 14.1. The fourth-order valence-corrected chi connectivity index (χ4v) is 2.41. The lowest BCUT2D eigenvalue weighted by Crippen LogP contribution is -2.23. The molecule has 118 valence electrons. The Kier molecular flexibility index (Phi) is 5.75. The molecule has 4 heteroatoms. The molecular formula is C18H26N4. The van der Waals surface area contributed by atoms with Crippen molar-refractivity contribution in [2.24, 2.45) is 0 Å². The summed E-state index contributed by atoms with van der Waals surface area (Å²) in [5.41, 5.74) is 2.12. The molecule has 0 amide bonds. The van der Waals surface area contributed by atoms with Crippen molar-refractivity contribution in [3.05, 3.63) is 42.1 Å². The summed E-state index contributed by atoms with van der Waals surface area (Å²) in [6.07, 6.45) is 2.36. The van der Waals surface area contributed by atoms with Gasteiger partial charge in [-0.2, -0.15) is 4.98 Å². The van der Waals surface area contributed by atoms with Gasteiger partial charge in [0.25, 0.3) is 0 Å². The number of anilines is 3. The Balaban J connectivity index is 2.32. The van der Waals surface area contributed by atoms with Crippen molar-refractivity contribution >= 4 is 17.5 Å². The van der Waals surface area contributed by atoms with E-state index in [1.807, 2.05) is 25.1 Å². The SMILES string of the molecule is CCCCN(C)c1cc(C)nc(N(CC)c2ccccc2)n1. The fraction of sp³-hybridized carbons (Fsp3) is 0.444. The van der Waals surface area contributed by atoms with Gasteiger partial charge in [-0.15, -0.1) is 0 Å². The topological polar surface area (TPSA) is 32.3 Å². The molecule has 0 radical (unpaired) electrons. The maximum absolute atomic E-state index is 4.77. The largest absolute Gasteiger partial charge is 0.360 e. The third kappa shape index (κ3) is 3.97. The number of aryl methyl sites for hydroxylation is 1. The molecule has 0 N–H and O–H groups in total. The van der Waals surface area contributed by atoms with Gasteiger partial charge in [0.15, 0.2) is 0 Å². The highest BCUT2D eigenvalue weighted by molar-refractivity contribution is 5.58. The van der Waals surface area contributed by atoms with Gasteiger partial charge < -0.3 is 9.80 Å². The van der Waals surface area contributed by atoms with Crippen LogP contribution in [0.25, 0.3) is 0 Å². The van der Waals surface area contributed by atoms with E-state index in [-0.39, 0.29) is 0 Å². The molecule has 0 aliphatic heterocycles. The minimum atomic E-state index is 0.770. The first-order valence-electron chi connectivity index (χ1n) is 8.05. The number of benzene rings is 1. The highest BCUT2D eigenvalue weighted by Gasteiger charge is 2.13. The maximum Gasteiger partial charge on any atom is 0.232 e. The molecule has 0 saturated heterocycles. The van der Waals surface area contributed by atoms with Gasteiger partial charge in [-0.1, -0.05) is 31.5 Å². The molecule has 1 aromatic carbocycles. The van der Waals surface area contributed by atoms with Crippen molar-refractivity contribution in [2.75, 3.05) is 29.9 Å². The molecule has 0 bridgehead atoms. The van der Waals surface area contributed by atoms with Crippen LogP contribution in [0.5, 0.6) is 0 Å².